The summed E-state index contributed by atoms with van der Waals surface area (Å²) in [6, 6.07) is 0. The minimum Gasteiger partial charge on any atom is -0.456 e. The van der Waals surface area contributed by atoms with E-state index in [-0.39, 0.29) is 30.1 Å². The fraction of sp³-hybridized carbons (Fsp3) is 0.581. The summed E-state index contributed by atoms with van der Waals surface area (Å²) >= 11 is 0. The van der Waals surface area contributed by atoms with Crippen molar-refractivity contribution in [1.82, 2.24) is 0 Å². The molecule has 4 N–H and O–H groups in total. The van der Waals surface area contributed by atoms with Gasteiger partial charge in [0, 0.05) is 6.08 Å². The first-order valence-electron chi connectivity index (χ1n) is 13.5. The Morgan fingerprint density at radius 3 is 2.37 bits per heavy atom. The van der Waals surface area contributed by atoms with E-state index in [2.05, 4.69) is 33.6 Å². The molecule has 0 aromatic carbocycles. The largest absolute Gasteiger partial charge is 0.456 e. The van der Waals surface area contributed by atoms with Crippen LogP contribution in [-0.2, 0) is 14.3 Å². The van der Waals surface area contributed by atoms with Gasteiger partial charge in [-0.3, -0.25) is 0 Å². The molecular weight excluding hydrogens is 484 g/mol. The molecule has 0 amide bonds. The standard InChI is InChI=1S/C31H46O7/c1-8-11-21(5)29-31(38-29)30-22(6)16-18(2)13-10-15-24(32)27(35)23(7)28(36)26(34)20(4)14-9-12-19(3)17-25(33)37-30/h9-10,12,15,17,21-22,24,26-32,34-36H,2,4,7-8,11,13-14,16H2,1,3,5-6H3/b12-9+,15-10+,19-17+/t21-,22+,24-,26+,27-,28+,29-,30-,31+/m0/s1. The number of rotatable bonds is 4. The molecule has 0 spiro atoms. The van der Waals surface area contributed by atoms with Crippen LogP contribution in [0.1, 0.15) is 59.8 Å². The number of aliphatic hydroxyl groups is 4. The highest BCUT2D eigenvalue weighted by molar-refractivity contribution is 5.83. The summed E-state index contributed by atoms with van der Waals surface area (Å²) in [5.41, 5.74) is 1.70. The van der Waals surface area contributed by atoms with Crippen molar-refractivity contribution >= 4 is 5.97 Å². The van der Waals surface area contributed by atoms with Crippen LogP contribution in [0, 0.1) is 11.8 Å². The van der Waals surface area contributed by atoms with Crippen molar-refractivity contribution in [2.45, 2.75) is 103 Å². The molecule has 0 saturated carbocycles. The van der Waals surface area contributed by atoms with Gasteiger partial charge < -0.3 is 29.9 Å². The predicted octanol–water partition coefficient (Wildman–Crippen LogP) is 4.09. The van der Waals surface area contributed by atoms with Crippen LogP contribution in [0.4, 0.5) is 0 Å². The molecule has 0 aromatic heterocycles. The monoisotopic (exact) mass is 530 g/mol. The summed E-state index contributed by atoms with van der Waals surface area (Å²) < 4.78 is 11.9. The number of allylic oxidation sites excluding steroid dienone is 5. The lowest BCUT2D eigenvalue weighted by atomic mass is 9.89. The Balaban J connectivity index is 2.28. The van der Waals surface area contributed by atoms with Gasteiger partial charge in [-0.05, 0) is 61.2 Å². The van der Waals surface area contributed by atoms with Crippen LogP contribution < -0.4 is 0 Å². The molecule has 7 nitrogen and oxygen atoms in total. The first kappa shape index (κ1) is 31.9. The maximum absolute atomic E-state index is 12.8. The normalized spacial score (nSPS) is 38.5. The molecule has 1 saturated heterocycles. The molecule has 38 heavy (non-hydrogen) atoms. The first-order chi connectivity index (χ1) is 17.9. The molecule has 0 radical (unpaired) electrons. The number of ether oxygens (including phenoxy) is 2. The van der Waals surface area contributed by atoms with Gasteiger partial charge in [0.15, 0.2) is 0 Å². The molecule has 1 fully saturated rings. The fourth-order valence-corrected chi connectivity index (χ4v) is 4.86. The highest BCUT2D eigenvalue weighted by atomic mass is 16.6. The van der Waals surface area contributed by atoms with Gasteiger partial charge >= 0.3 is 5.97 Å². The summed E-state index contributed by atoms with van der Waals surface area (Å²) in [4.78, 5) is 12.8. The van der Waals surface area contributed by atoms with Crippen LogP contribution in [0.15, 0.2) is 72.4 Å². The zero-order valence-corrected chi connectivity index (χ0v) is 23.3. The molecule has 0 aliphatic carbocycles. The summed E-state index contributed by atoms with van der Waals surface area (Å²) in [6.07, 6.45) is 5.05. The Morgan fingerprint density at radius 2 is 1.71 bits per heavy atom. The molecule has 212 valence electrons. The van der Waals surface area contributed by atoms with Crippen molar-refractivity contribution < 1.29 is 34.7 Å². The van der Waals surface area contributed by atoms with Gasteiger partial charge in [-0.1, -0.05) is 76.8 Å². The van der Waals surface area contributed by atoms with Gasteiger partial charge in [0.2, 0.25) is 0 Å². The van der Waals surface area contributed by atoms with Crippen molar-refractivity contribution in [3.63, 3.8) is 0 Å². The minimum atomic E-state index is -1.51. The van der Waals surface area contributed by atoms with E-state index in [0.29, 0.717) is 29.9 Å². The van der Waals surface area contributed by atoms with Crippen LogP contribution in [0.3, 0.4) is 0 Å². The number of hydrogen-bond acceptors (Lipinski definition) is 7. The summed E-state index contributed by atoms with van der Waals surface area (Å²) in [5, 5.41) is 41.8. The zero-order chi connectivity index (χ0) is 28.6. The third-order valence-corrected chi connectivity index (χ3v) is 7.26. The Kier molecular flexibility index (Phi) is 12.4. The van der Waals surface area contributed by atoms with E-state index in [4.69, 9.17) is 9.47 Å². The Morgan fingerprint density at radius 1 is 1.03 bits per heavy atom. The van der Waals surface area contributed by atoms with E-state index in [0.717, 1.165) is 18.4 Å². The lowest BCUT2D eigenvalue weighted by molar-refractivity contribution is -0.146. The summed E-state index contributed by atoms with van der Waals surface area (Å²) in [7, 11) is 0. The maximum Gasteiger partial charge on any atom is 0.331 e. The van der Waals surface area contributed by atoms with E-state index in [9.17, 15) is 25.2 Å². The highest BCUT2D eigenvalue weighted by Crippen LogP contribution is 2.39. The summed E-state index contributed by atoms with van der Waals surface area (Å²) in [6.45, 7) is 19.7. The number of aliphatic hydroxyl groups excluding tert-OH is 4. The van der Waals surface area contributed by atoms with E-state index in [1.54, 1.807) is 25.2 Å². The molecule has 2 rings (SSSR count). The number of epoxide rings is 1. The second kappa shape index (κ2) is 14.8. The molecule has 2 heterocycles. The number of hydrogen-bond donors (Lipinski definition) is 4. The molecule has 7 heteroatoms. The minimum absolute atomic E-state index is 0.0474. The lowest BCUT2D eigenvalue weighted by Gasteiger charge is -2.26. The maximum atomic E-state index is 12.8. The zero-order valence-electron chi connectivity index (χ0n) is 23.3. The number of carbonyl (C=O) groups excluding carboxylic acids is 1. The average molecular weight is 531 g/mol. The van der Waals surface area contributed by atoms with E-state index in [1.807, 2.05) is 6.92 Å². The topological polar surface area (TPSA) is 120 Å². The number of esters is 1. The second-order valence-electron chi connectivity index (χ2n) is 10.8. The molecule has 0 bridgehead atoms. The van der Waals surface area contributed by atoms with Crippen molar-refractivity contribution in [3.05, 3.63) is 72.4 Å². The highest BCUT2D eigenvalue weighted by Gasteiger charge is 2.51. The van der Waals surface area contributed by atoms with Crippen LogP contribution in [0.25, 0.3) is 0 Å². The Labute approximate surface area is 227 Å². The van der Waals surface area contributed by atoms with Gasteiger partial charge in [0.1, 0.15) is 36.6 Å². The Bertz CT molecular complexity index is 946. The van der Waals surface area contributed by atoms with Crippen LogP contribution >= 0.6 is 0 Å². The molecule has 2 aliphatic rings. The van der Waals surface area contributed by atoms with E-state index in [1.165, 1.54) is 12.2 Å². The van der Waals surface area contributed by atoms with Gasteiger partial charge in [0.25, 0.3) is 0 Å². The fourth-order valence-electron chi connectivity index (χ4n) is 4.86. The van der Waals surface area contributed by atoms with Crippen LogP contribution in [0.5, 0.6) is 0 Å². The number of carbonyl (C=O) groups is 1. The quantitative estimate of drug-likeness (QED) is 0.245. The Hall–Kier alpha value is -2.29. The van der Waals surface area contributed by atoms with Crippen molar-refractivity contribution in [1.29, 1.82) is 0 Å². The third-order valence-electron chi connectivity index (χ3n) is 7.26. The molecule has 0 unspecified atom stereocenters. The van der Waals surface area contributed by atoms with Crippen molar-refractivity contribution in [2.75, 3.05) is 0 Å². The second-order valence-corrected chi connectivity index (χ2v) is 10.8. The SMILES string of the molecule is C=C1C/C=C/[C@H](O)[C@@H](O)C(=C)[C@@H](O)[C@H](O)C(=C)C/C=C/C(C)=C/C(=O)O[C@H]([C@@H]2O[C@H]2[C@@H](C)CCC)[C@H](C)C1. The molecular formula is C31H46O7. The average Bonchev–Trinajstić information content (AvgIpc) is 3.65. The third kappa shape index (κ3) is 9.17. The lowest BCUT2D eigenvalue weighted by Crippen LogP contribution is -2.37. The van der Waals surface area contributed by atoms with Gasteiger partial charge in [-0.15, -0.1) is 0 Å². The van der Waals surface area contributed by atoms with E-state index >= 15 is 0 Å². The van der Waals surface area contributed by atoms with Gasteiger partial charge in [-0.25, -0.2) is 4.79 Å². The molecule has 2 aliphatic heterocycles. The predicted molar refractivity (Wildman–Crippen MR) is 149 cm³/mol. The van der Waals surface area contributed by atoms with Gasteiger partial charge in [-0.2, -0.15) is 0 Å². The van der Waals surface area contributed by atoms with Crippen LogP contribution in [0.2, 0.25) is 0 Å². The molecule has 9 atom stereocenters. The van der Waals surface area contributed by atoms with Crippen molar-refractivity contribution in [2.24, 2.45) is 11.8 Å². The summed E-state index contributed by atoms with van der Waals surface area (Å²) in [5.74, 6) is -0.134. The van der Waals surface area contributed by atoms with Crippen LogP contribution in [-0.4, -0.2) is 69.1 Å². The van der Waals surface area contributed by atoms with Gasteiger partial charge in [0.05, 0.1) is 6.10 Å². The molecule has 0 aromatic rings. The smallest absolute Gasteiger partial charge is 0.331 e. The van der Waals surface area contributed by atoms with E-state index < -0.39 is 36.5 Å². The van der Waals surface area contributed by atoms with Crippen molar-refractivity contribution in [3.8, 4) is 0 Å². The first-order valence-corrected chi connectivity index (χ1v) is 13.5. The number of cyclic esters (lactones) is 1.